The summed E-state index contributed by atoms with van der Waals surface area (Å²) >= 11 is 0. The van der Waals surface area contributed by atoms with Gasteiger partial charge in [0.25, 0.3) is 0 Å². The molecule has 2 aromatic carbocycles. The minimum absolute atomic E-state index is 0.0600. The highest BCUT2D eigenvalue weighted by Gasteiger charge is 2.30. The summed E-state index contributed by atoms with van der Waals surface area (Å²) in [7, 11) is 0. The molecule has 0 aliphatic carbocycles. The van der Waals surface area contributed by atoms with Crippen LogP contribution in [-0.2, 0) is 6.18 Å². The van der Waals surface area contributed by atoms with Gasteiger partial charge in [-0.25, -0.2) is 4.79 Å². The van der Waals surface area contributed by atoms with Crippen molar-refractivity contribution in [3.8, 4) is 11.5 Å². The summed E-state index contributed by atoms with van der Waals surface area (Å²) in [5.74, 6) is 1.35. The number of rotatable bonds is 7. The van der Waals surface area contributed by atoms with Crippen molar-refractivity contribution in [1.82, 2.24) is 5.32 Å². The van der Waals surface area contributed by atoms with Gasteiger partial charge in [0.05, 0.1) is 18.7 Å². The maximum Gasteiger partial charge on any atom is 0.416 e. The van der Waals surface area contributed by atoms with Gasteiger partial charge in [-0.15, -0.1) is 0 Å². The normalized spacial score (nSPS) is 10.9. The first-order chi connectivity index (χ1) is 12.4. The lowest BCUT2D eigenvalue weighted by molar-refractivity contribution is -0.137. The molecule has 0 bridgehead atoms. The van der Waals surface area contributed by atoms with E-state index in [-0.39, 0.29) is 18.8 Å². The number of carbonyl (C=O) groups excluding carboxylic acids is 1. The van der Waals surface area contributed by atoms with E-state index in [1.54, 1.807) is 24.3 Å². The summed E-state index contributed by atoms with van der Waals surface area (Å²) in [6, 6.07) is 10.8. The van der Waals surface area contributed by atoms with Gasteiger partial charge in [-0.05, 0) is 49.4 Å². The van der Waals surface area contributed by atoms with Crippen LogP contribution in [0, 0.1) is 0 Å². The Morgan fingerprint density at radius 3 is 2.31 bits per heavy atom. The Morgan fingerprint density at radius 2 is 1.69 bits per heavy atom. The van der Waals surface area contributed by atoms with Gasteiger partial charge in [0, 0.05) is 5.69 Å². The Balaban J connectivity index is 1.74. The molecule has 0 heterocycles. The van der Waals surface area contributed by atoms with E-state index >= 15 is 0 Å². The SMILES string of the molecule is CCOc1ccc(OCCNC(=O)Nc2cccc(C(F)(F)F)c2)cc1. The van der Waals surface area contributed by atoms with E-state index in [1.165, 1.54) is 12.1 Å². The van der Waals surface area contributed by atoms with Crippen molar-refractivity contribution in [2.75, 3.05) is 25.1 Å². The third-order valence-corrected chi connectivity index (χ3v) is 3.24. The van der Waals surface area contributed by atoms with Crippen LogP contribution in [0.2, 0.25) is 0 Å². The molecule has 26 heavy (non-hydrogen) atoms. The van der Waals surface area contributed by atoms with Crippen molar-refractivity contribution in [3.63, 3.8) is 0 Å². The zero-order chi connectivity index (χ0) is 19.0. The number of nitrogens with one attached hydrogen (secondary N) is 2. The molecule has 2 N–H and O–H groups in total. The summed E-state index contributed by atoms with van der Waals surface area (Å²) in [6.45, 7) is 2.87. The number of halogens is 3. The number of hydrogen-bond acceptors (Lipinski definition) is 3. The summed E-state index contributed by atoms with van der Waals surface area (Å²) in [5, 5.41) is 4.86. The average molecular weight is 368 g/mol. The molecule has 0 aliphatic heterocycles. The molecule has 0 spiro atoms. The van der Waals surface area contributed by atoms with Crippen molar-refractivity contribution in [1.29, 1.82) is 0 Å². The van der Waals surface area contributed by atoms with E-state index in [0.717, 1.165) is 17.9 Å². The highest BCUT2D eigenvalue weighted by molar-refractivity contribution is 5.89. The number of hydrogen-bond donors (Lipinski definition) is 2. The zero-order valence-electron chi connectivity index (χ0n) is 14.1. The molecule has 0 radical (unpaired) electrons. The number of alkyl halides is 3. The largest absolute Gasteiger partial charge is 0.494 e. The molecule has 2 aromatic rings. The topological polar surface area (TPSA) is 59.6 Å². The molecule has 8 heteroatoms. The standard InChI is InChI=1S/C18H19F3N2O3/c1-2-25-15-6-8-16(9-7-15)26-11-10-22-17(24)23-14-5-3-4-13(12-14)18(19,20)21/h3-9,12H,2,10-11H2,1H3,(H2,22,23,24). The van der Waals surface area contributed by atoms with Crippen LogP contribution in [0.3, 0.4) is 0 Å². The van der Waals surface area contributed by atoms with Gasteiger partial charge in [0.15, 0.2) is 0 Å². The molecular weight excluding hydrogens is 349 g/mol. The second-order valence-electron chi connectivity index (χ2n) is 5.21. The van der Waals surface area contributed by atoms with Gasteiger partial charge in [0.1, 0.15) is 18.1 Å². The molecule has 2 rings (SSSR count). The van der Waals surface area contributed by atoms with Gasteiger partial charge in [0.2, 0.25) is 0 Å². The molecule has 0 fully saturated rings. The van der Waals surface area contributed by atoms with E-state index < -0.39 is 17.8 Å². The van der Waals surface area contributed by atoms with E-state index in [1.807, 2.05) is 6.92 Å². The third kappa shape index (κ3) is 6.19. The predicted octanol–water partition coefficient (Wildman–Crippen LogP) is 4.30. The van der Waals surface area contributed by atoms with Crippen LogP contribution in [0.4, 0.5) is 23.7 Å². The number of carbonyl (C=O) groups is 1. The smallest absolute Gasteiger partial charge is 0.416 e. The molecule has 0 unspecified atom stereocenters. The van der Waals surface area contributed by atoms with Crippen LogP contribution in [-0.4, -0.2) is 25.8 Å². The van der Waals surface area contributed by atoms with E-state index in [0.29, 0.717) is 12.4 Å². The molecule has 0 aromatic heterocycles. The first-order valence-corrected chi connectivity index (χ1v) is 7.96. The lowest BCUT2D eigenvalue weighted by Crippen LogP contribution is -2.32. The number of urea groups is 1. The van der Waals surface area contributed by atoms with Crippen molar-refractivity contribution < 1.29 is 27.4 Å². The molecular formula is C18H19F3N2O3. The van der Waals surface area contributed by atoms with Gasteiger partial charge in [-0.2, -0.15) is 13.2 Å². The van der Waals surface area contributed by atoms with Crippen LogP contribution in [0.5, 0.6) is 11.5 Å². The highest BCUT2D eigenvalue weighted by atomic mass is 19.4. The van der Waals surface area contributed by atoms with Gasteiger partial charge in [-0.3, -0.25) is 0 Å². The molecule has 0 saturated heterocycles. The van der Waals surface area contributed by atoms with E-state index in [4.69, 9.17) is 9.47 Å². The summed E-state index contributed by atoms with van der Waals surface area (Å²) in [4.78, 5) is 11.7. The van der Waals surface area contributed by atoms with Gasteiger partial charge in [-0.1, -0.05) is 6.07 Å². The Kier molecular flexibility index (Phi) is 6.71. The number of anilines is 1. The second kappa shape index (κ2) is 8.98. The fourth-order valence-corrected chi connectivity index (χ4v) is 2.08. The van der Waals surface area contributed by atoms with Crippen molar-refractivity contribution in [2.45, 2.75) is 13.1 Å². The first kappa shape index (κ1) is 19.4. The average Bonchev–Trinajstić information content (AvgIpc) is 2.60. The Hall–Kier alpha value is -2.90. The molecule has 5 nitrogen and oxygen atoms in total. The summed E-state index contributed by atoms with van der Waals surface area (Å²) in [5.41, 5.74) is -0.765. The molecule has 0 aliphatic rings. The number of benzene rings is 2. The fourth-order valence-electron chi connectivity index (χ4n) is 2.08. The Morgan fingerprint density at radius 1 is 1.04 bits per heavy atom. The van der Waals surface area contributed by atoms with Crippen LogP contribution in [0.15, 0.2) is 48.5 Å². The second-order valence-corrected chi connectivity index (χ2v) is 5.21. The minimum atomic E-state index is -4.46. The number of ether oxygens (including phenoxy) is 2. The Labute approximate surface area is 149 Å². The first-order valence-electron chi connectivity index (χ1n) is 7.96. The maximum atomic E-state index is 12.6. The maximum absolute atomic E-state index is 12.6. The molecule has 2 amide bonds. The van der Waals surface area contributed by atoms with Gasteiger partial charge >= 0.3 is 12.2 Å². The summed E-state index contributed by atoms with van der Waals surface area (Å²) in [6.07, 6.45) is -4.46. The summed E-state index contributed by atoms with van der Waals surface area (Å²) < 4.78 is 48.7. The minimum Gasteiger partial charge on any atom is -0.494 e. The van der Waals surface area contributed by atoms with Crippen molar-refractivity contribution in [3.05, 3.63) is 54.1 Å². The lowest BCUT2D eigenvalue weighted by Gasteiger charge is -2.11. The number of amides is 2. The highest BCUT2D eigenvalue weighted by Crippen LogP contribution is 2.30. The van der Waals surface area contributed by atoms with Crippen molar-refractivity contribution in [2.24, 2.45) is 0 Å². The van der Waals surface area contributed by atoms with E-state index in [9.17, 15) is 18.0 Å². The Bertz CT molecular complexity index is 718. The van der Waals surface area contributed by atoms with Crippen LogP contribution in [0.25, 0.3) is 0 Å². The zero-order valence-corrected chi connectivity index (χ0v) is 14.1. The molecule has 140 valence electrons. The third-order valence-electron chi connectivity index (χ3n) is 3.24. The van der Waals surface area contributed by atoms with Crippen molar-refractivity contribution >= 4 is 11.7 Å². The molecule has 0 atom stereocenters. The van der Waals surface area contributed by atoms with Crippen LogP contribution in [0.1, 0.15) is 12.5 Å². The van der Waals surface area contributed by atoms with E-state index in [2.05, 4.69) is 10.6 Å². The van der Waals surface area contributed by atoms with Gasteiger partial charge < -0.3 is 20.1 Å². The fraction of sp³-hybridized carbons (Fsp3) is 0.278. The monoisotopic (exact) mass is 368 g/mol. The van der Waals surface area contributed by atoms with Crippen LogP contribution >= 0.6 is 0 Å². The van der Waals surface area contributed by atoms with Crippen LogP contribution < -0.4 is 20.1 Å². The lowest BCUT2D eigenvalue weighted by atomic mass is 10.2. The quantitative estimate of drug-likeness (QED) is 0.716. The molecule has 0 saturated carbocycles. The predicted molar refractivity (Wildman–Crippen MR) is 91.6 cm³/mol.